The van der Waals surface area contributed by atoms with Crippen LogP contribution in [0.3, 0.4) is 0 Å². The summed E-state index contributed by atoms with van der Waals surface area (Å²) in [4.78, 5) is 4.06. The Morgan fingerprint density at radius 2 is 2.11 bits per heavy atom. The lowest BCUT2D eigenvalue weighted by molar-refractivity contribution is 0.490. The Labute approximate surface area is 118 Å². The molecule has 2 heterocycles. The zero-order valence-corrected chi connectivity index (χ0v) is 12.3. The normalized spacial score (nSPS) is 25.9. The minimum absolute atomic E-state index is 0.343. The maximum absolute atomic E-state index is 5.78. The molecule has 0 aromatic carbocycles. The molecule has 0 amide bonds. The Bertz CT molecular complexity index is 347. The number of thioether (sulfide) groups is 2. The van der Waals surface area contributed by atoms with E-state index < -0.39 is 0 Å². The van der Waals surface area contributed by atoms with E-state index in [1.54, 1.807) is 0 Å². The summed E-state index contributed by atoms with van der Waals surface area (Å²) in [6.45, 7) is 2.27. The minimum atomic E-state index is 0.343. The molecule has 0 spiro atoms. The fourth-order valence-electron chi connectivity index (χ4n) is 2.35. The fourth-order valence-corrected chi connectivity index (χ4v) is 5.60. The zero-order chi connectivity index (χ0) is 12.8. The third-order valence-electron chi connectivity index (χ3n) is 3.31. The van der Waals surface area contributed by atoms with Gasteiger partial charge in [-0.1, -0.05) is 6.92 Å². The average molecular weight is 283 g/mol. The predicted molar refractivity (Wildman–Crippen MR) is 81.8 cm³/mol. The maximum Gasteiger partial charge on any atom is 0.0380 e. The van der Waals surface area contributed by atoms with Crippen LogP contribution in [0.25, 0.3) is 0 Å². The van der Waals surface area contributed by atoms with E-state index in [4.69, 9.17) is 5.84 Å². The van der Waals surface area contributed by atoms with Crippen molar-refractivity contribution in [2.24, 2.45) is 5.84 Å². The lowest BCUT2D eigenvalue weighted by atomic mass is 10.0. The Morgan fingerprint density at radius 3 is 2.78 bits per heavy atom. The van der Waals surface area contributed by atoms with Crippen LogP contribution in [-0.4, -0.2) is 33.0 Å². The Hall–Kier alpha value is -0.230. The van der Waals surface area contributed by atoms with Crippen molar-refractivity contribution in [2.75, 3.05) is 11.5 Å². The third kappa shape index (κ3) is 3.63. The molecular formula is C13H21N3S2. The van der Waals surface area contributed by atoms with Crippen molar-refractivity contribution in [1.82, 2.24) is 10.4 Å². The van der Waals surface area contributed by atoms with Crippen molar-refractivity contribution < 1.29 is 0 Å². The molecule has 1 aliphatic rings. The van der Waals surface area contributed by atoms with Crippen LogP contribution in [-0.2, 0) is 6.42 Å². The van der Waals surface area contributed by atoms with Gasteiger partial charge < -0.3 is 0 Å². The molecule has 3 nitrogen and oxygen atoms in total. The molecule has 0 aliphatic carbocycles. The highest BCUT2D eigenvalue weighted by atomic mass is 32.2. The average Bonchev–Trinajstić information content (AvgIpc) is 2.46. The van der Waals surface area contributed by atoms with E-state index >= 15 is 0 Å². The molecule has 100 valence electrons. The molecule has 1 aliphatic heterocycles. The standard InChI is InChI=1S/C13H21N3S2/c1-2-12-13(18-8-7-17-12)11(16-14)9-10-3-5-15-6-4-10/h3-6,11-13,16H,2,7-9,14H2,1H3. The van der Waals surface area contributed by atoms with Crippen LogP contribution >= 0.6 is 23.5 Å². The number of hydrazine groups is 1. The Kier molecular flexibility index (Phi) is 5.82. The molecule has 5 heteroatoms. The van der Waals surface area contributed by atoms with Crippen LogP contribution in [0.1, 0.15) is 18.9 Å². The lowest BCUT2D eigenvalue weighted by Gasteiger charge is -2.35. The first-order chi connectivity index (χ1) is 8.85. The van der Waals surface area contributed by atoms with Gasteiger partial charge in [-0.15, -0.1) is 0 Å². The van der Waals surface area contributed by atoms with Gasteiger partial charge in [0.15, 0.2) is 0 Å². The second-order valence-corrected chi connectivity index (χ2v) is 7.12. The van der Waals surface area contributed by atoms with Crippen molar-refractivity contribution in [2.45, 2.75) is 36.3 Å². The summed E-state index contributed by atoms with van der Waals surface area (Å²) in [5.41, 5.74) is 4.33. The first kappa shape index (κ1) is 14.2. The van der Waals surface area contributed by atoms with E-state index in [0.29, 0.717) is 16.5 Å². The molecule has 1 fully saturated rings. The minimum Gasteiger partial charge on any atom is -0.271 e. The maximum atomic E-state index is 5.78. The molecule has 1 saturated heterocycles. The zero-order valence-electron chi connectivity index (χ0n) is 10.7. The van der Waals surface area contributed by atoms with Crippen molar-refractivity contribution in [3.05, 3.63) is 30.1 Å². The fraction of sp³-hybridized carbons (Fsp3) is 0.615. The van der Waals surface area contributed by atoms with Crippen LogP contribution in [0, 0.1) is 0 Å². The van der Waals surface area contributed by atoms with Crippen LogP contribution < -0.4 is 11.3 Å². The molecule has 3 unspecified atom stereocenters. The predicted octanol–water partition coefficient (Wildman–Crippen LogP) is 2.08. The van der Waals surface area contributed by atoms with Crippen molar-refractivity contribution in [3.63, 3.8) is 0 Å². The highest BCUT2D eigenvalue weighted by molar-refractivity contribution is 8.07. The van der Waals surface area contributed by atoms with E-state index in [2.05, 4.69) is 53.0 Å². The Morgan fingerprint density at radius 1 is 1.39 bits per heavy atom. The summed E-state index contributed by atoms with van der Waals surface area (Å²) in [5, 5.41) is 1.32. The molecule has 18 heavy (non-hydrogen) atoms. The molecule has 0 saturated carbocycles. The van der Waals surface area contributed by atoms with Gasteiger partial charge in [0, 0.05) is 40.4 Å². The molecule has 1 aromatic heterocycles. The summed E-state index contributed by atoms with van der Waals surface area (Å²) in [6.07, 6.45) is 5.90. The number of nitrogens with two attached hydrogens (primary N) is 1. The monoisotopic (exact) mass is 283 g/mol. The summed E-state index contributed by atoms with van der Waals surface area (Å²) >= 11 is 4.17. The molecule has 0 radical (unpaired) electrons. The molecule has 3 atom stereocenters. The summed E-state index contributed by atoms with van der Waals surface area (Å²) in [6, 6.07) is 4.49. The van der Waals surface area contributed by atoms with E-state index in [9.17, 15) is 0 Å². The van der Waals surface area contributed by atoms with Gasteiger partial charge in [0.2, 0.25) is 0 Å². The quantitative estimate of drug-likeness (QED) is 0.640. The molecule has 3 N–H and O–H groups in total. The van der Waals surface area contributed by atoms with Crippen LogP contribution in [0.15, 0.2) is 24.5 Å². The number of nitrogens with zero attached hydrogens (tertiary/aromatic N) is 1. The summed E-state index contributed by atoms with van der Waals surface area (Å²) in [7, 11) is 0. The van der Waals surface area contributed by atoms with Gasteiger partial charge in [-0.25, -0.2) is 0 Å². The van der Waals surface area contributed by atoms with Gasteiger partial charge in [-0.05, 0) is 30.5 Å². The Balaban J connectivity index is 2.03. The topological polar surface area (TPSA) is 50.9 Å². The van der Waals surface area contributed by atoms with Gasteiger partial charge >= 0.3 is 0 Å². The molecule has 1 aromatic rings. The number of pyridine rings is 1. The second-order valence-electron chi connectivity index (χ2n) is 4.49. The van der Waals surface area contributed by atoms with Crippen LogP contribution in [0.5, 0.6) is 0 Å². The number of rotatable bonds is 5. The van der Waals surface area contributed by atoms with Crippen molar-refractivity contribution in [3.8, 4) is 0 Å². The van der Waals surface area contributed by atoms with E-state index in [0.717, 1.165) is 6.42 Å². The van der Waals surface area contributed by atoms with Gasteiger partial charge in [0.05, 0.1) is 0 Å². The first-order valence-corrected chi connectivity index (χ1v) is 8.53. The highest BCUT2D eigenvalue weighted by Gasteiger charge is 2.31. The number of hydrogen-bond donors (Lipinski definition) is 2. The van der Waals surface area contributed by atoms with E-state index in [-0.39, 0.29) is 0 Å². The van der Waals surface area contributed by atoms with Crippen molar-refractivity contribution >= 4 is 23.5 Å². The summed E-state index contributed by atoms with van der Waals surface area (Å²) in [5.74, 6) is 8.29. The van der Waals surface area contributed by atoms with E-state index in [1.807, 2.05) is 12.4 Å². The molecule has 0 bridgehead atoms. The van der Waals surface area contributed by atoms with Crippen LogP contribution in [0.2, 0.25) is 0 Å². The number of nitrogens with one attached hydrogen (secondary N) is 1. The molecular weight excluding hydrogens is 262 g/mol. The number of hydrogen-bond acceptors (Lipinski definition) is 5. The number of aromatic nitrogens is 1. The highest BCUT2D eigenvalue weighted by Crippen LogP contribution is 2.35. The first-order valence-electron chi connectivity index (χ1n) is 6.43. The van der Waals surface area contributed by atoms with Gasteiger partial charge in [0.25, 0.3) is 0 Å². The van der Waals surface area contributed by atoms with Crippen molar-refractivity contribution in [1.29, 1.82) is 0 Å². The van der Waals surface area contributed by atoms with E-state index in [1.165, 1.54) is 23.5 Å². The lowest BCUT2D eigenvalue weighted by Crippen LogP contribution is -2.49. The SMILES string of the molecule is CCC1SCCSC1C(Cc1ccncc1)NN. The second kappa shape index (κ2) is 7.38. The van der Waals surface area contributed by atoms with Gasteiger partial charge in [-0.3, -0.25) is 16.3 Å². The largest absolute Gasteiger partial charge is 0.271 e. The smallest absolute Gasteiger partial charge is 0.0380 e. The molecule has 2 rings (SSSR count). The van der Waals surface area contributed by atoms with Crippen LogP contribution in [0.4, 0.5) is 0 Å². The van der Waals surface area contributed by atoms with Gasteiger partial charge in [-0.2, -0.15) is 23.5 Å². The third-order valence-corrected chi connectivity index (χ3v) is 6.72. The van der Waals surface area contributed by atoms with Gasteiger partial charge in [0.1, 0.15) is 0 Å². The summed E-state index contributed by atoms with van der Waals surface area (Å²) < 4.78 is 0.